The van der Waals surface area contributed by atoms with Crippen LogP contribution < -0.4 is 4.99 Å². The average Bonchev–Trinajstić information content (AvgIpc) is 3.28. The van der Waals surface area contributed by atoms with Crippen LogP contribution in [0.1, 0.15) is 48.8 Å². The second kappa shape index (κ2) is 7.39. The molecule has 0 saturated carbocycles. The van der Waals surface area contributed by atoms with Crippen molar-refractivity contribution in [3.05, 3.63) is 64.6 Å². The van der Waals surface area contributed by atoms with Gasteiger partial charge in [-0.25, -0.2) is 4.99 Å². The lowest BCUT2D eigenvalue weighted by Crippen LogP contribution is -2.68. The molecule has 0 bridgehead atoms. The van der Waals surface area contributed by atoms with Crippen molar-refractivity contribution >= 4 is 11.8 Å². The maximum Gasteiger partial charge on any atom is 0.248 e. The zero-order valence-electron chi connectivity index (χ0n) is 14.7. The number of aromatic nitrogens is 2. The van der Waals surface area contributed by atoms with E-state index < -0.39 is 0 Å². The number of hydrogen-bond donors (Lipinski definition) is 3. The summed E-state index contributed by atoms with van der Waals surface area (Å²) in [6, 6.07) is 6.28. The van der Waals surface area contributed by atoms with Crippen molar-refractivity contribution in [2.75, 3.05) is 7.11 Å². The number of nitrogens with one attached hydrogen (secondary N) is 3. The fourth-order valence-electron chi connectivity index (χ4n) is 3.06. The molecule has 24 heavy (non-hydrogen) atoms. The fraction of sp³-hybridized carbons (Fsp3) is 0.350. The summed E-state index contributed by atoms with van der Waals surface area (Å²) in [5.74, 6) is 0.847. The number of aromatic amines is 2. The molecule has 0 radical (unpaired) electrons. The van der Waals surface area contributed by atoms with E-state index in [0.717, 1.165) is 35.0 Å². The number of unbranched alkanes of at least 4 members (excludes halogenated alkanes) is 2. The molecule has 3 rings (SSSR count). The van der Waals surface area contributed by atoms with Gasteiger partial charge in [-0.05, 0) is 43.5 Å². The largest absolute Gasteiger partial charge is 0.490 e. The zero-order chi connectivity index (χ0) is 16.9. The van der Waals surface area contributed by atoms with Crippen LogP contribution in [-0.4, -0.2) is 22.8 Å². The highest BCUT2D eigenvalue weighted by Crippen LogP contribution is 2.18. The number of H-pyrrole nitrogens is 2. The van der Waals surface area contributed by atoms with Crippen molar-refractivity contribution in [3.63, 3.8) is 0 Å². The second-order valence-electron chi connectivity index (χ2n) is 6.23. The Morgan fingerprint density at radius 2 is 2.17 bits per heavy atom. The Hall–Kier alpha value is -2.49. The summed E-state index contributed by atoms with van der Waals surface area (Å²) >= 11 is 0. The Labute approximate surface area is 143 Å². The number of ether oxygens (including phenoxy) is 1. The Morgan fingerprint density at radius 3 is 2.88 bits per heavy atom. The number of methoxy groups -OCH3 is 1. The lowest BCUT2D eigenvalue weighted by Gasteiger charge is -1.97. The summed E-state index contributed by atoms with van der Waals surface area (Å²) in [7, 11) is 1.70. The third-order valence-electron chi connectivity index (χ3n) is 4.41. The van der Waals surface area contributed by atoms with Gasteiger partial charge < -0.3 is 14.7 Å². The predicted molar refractivity (Wildman–Crippen MR) is 97.7 cm³/mol. The van der Waals surface area contributed by atoms with E-state index in [2.05, 4.69) is 41.0 Å². The van der Waals surface area contributed by atoms with Crippen molar-refractivity contribution in [2.24, 2.45) is 0 Å². The van der Waals surface area contributed by atoms with Crippen molar-refractivity contribution in [1.29, 1.82) is 0 Å². The predicted octanol–water partition coefficient (Wildman–Crippen LogP) is 2.84. The highest BCUT2D eigenvalue weighted by molar-refractivity contribution is 6.05. The summed E-state index contributed by atoms with van der Waals surface area (Å²) in [5.41, 5.74) is 6.82. The third kappa shape index (κ3) is 3.53. The van der Waals surface area contributed by atoms with Crippen LogP contribution in [0.4, 0.5) is 0 Å². The summed E-state index contributed by atoms with van der Waals surface area (Å²) < 4.78 is 5.52. The van der Waals surface area contributed by atoms with E-state index in [9.17, 15) is 0 Å². The fourth-order valence-corrected chi connectivity index (χ4v) is 3.06. The average molecular weight is 324 g/mol. The van der Waals surface area contributed by atoms with Crippen molar-refractivity contribution < 1.29 is 9.73 Å². The molecule has 4 heteroatoms. The minimum absolute atomic E-state index is 0.847. The lowest BCUT2D eigenvalue weighted by atomic mass is 10.1. The van der Waals surface area contributed by atoms with E-state index in [1.54, 1.807) is 7.11 Å². The normalized spacial score (nSPS) is 15.7. The second-order valence-corrected chi connectivity index (χ2v) is 6.23. The number of rotatable bonds is 7. The van der Waals surface area contributed by atoms with Crippen LogP contribution in [0, 0.1) is 6.92 Å². The van der Waals surface area contributed by atoms with Gasteiger partial charge in [-0.2, -0.15) is 0 Å². The quantitative estimate of drug-likeness (QED) is 0.674. The SMILES string of the molecule is CCCCCc1cc(/C=C2/[NH+]=C(c3ccc[nH]3)C=C2OC)[nH]c1C. The molecule has 3 heterocycles. The molecule has 0 aromatic carbocycles. The molecule has 0 unspecified atom stereocenters. The molecule has 0 saturated heterocycles. The third-order valence-corrected chi connectivity index (χ3v) is 4.41. The maximum atomic E-state index is 5.52. The Balaban J connectivity index is 1.83. The molecule has 0 fully saturated rings. The minimum atomic E-state index is 0.847. The summed E-state index contributed by atoms with van der Waals surface area (Å²) in [5, 5.41) is 0. The number of allylic oxidation sites excluding steroid dienone is 1. The summed E-state index contributed by atoms with van der Waals surface area (Å²) in [6.07, 6.45) is 11.0. The first-order valence-electron chi connectivity index (χ1n) is 8.65. The van der Waals surface area contributed by atoms with Gasteiger partial charge in [0.15, 0.2) is 5.76 Å². The Bertz CT molecular complexity index is 776. The van der Waals surface area contributed by atoms with Crippen LogP contribution in [-0.2, 0) is 11.2 Å². The number of aryl methyl sites for hydroxylation is 2. The molecule has 3 N–H and O–H groups in total. The van der Waals surface area contributed by atoms with Gasteiger partial charge in [0.25, 0.3) is 0 Å². The van der Waals surface area contributed by atoms with Gasteiger partial charge in [-0.1, -0.05) is 19.8 Å². The summed E-state index contributed by atoms with van der Waals surface area (Å²) in [6.45, 7) is 4.39. The first-order valence-corrected chi connectivity index (χ1v) is 8.65. The molecular weight excluding hydrogens is 298 g/mol. The van der Waals surface area contributed by atoms with E-state index in [1.807, 2.05) is 24.4 Å². The van der Waals surface area contributed by atoms with Gasteiger partial charge >= 0.3 is 0 Å². The van der Waals surface area contributed by atoms with E-state index in [0.29, 0.717) is 0 Å². The van der Waals surface area contributed by atoms with Crippen molar-refractivity contribution in [1.82, 2.24) is 9.97 Å². The van der Waals surface area contributed by atoms with Crippen LogP contribution in [0.5, 0.6) is 0 Å². The topological polar surface area (TPSA) is 54.8 Å². The molecule has 4 nitrogen and oxygen atoms in total. The number of hydrogen-bond acceptors (Lipinski definition) is 1. The molecule has 0 amide bonds. The van der Waals surface area contributed by atoms with E-state index in [1.165, 1.54) is 30.5 Å². The first-order chi connectivity index (χ1) is 11.7. The standard InChI is InChI=1S/C20H25N3O/c1-4-5-6-8-15-11-16(22-14(15)2)12-19-20(24-3)13-18(23-19)17-9-7-10-21-17/h7,9-13,21-22H,4-6,8H2,1-3H3/p+1/b19-12+. The van der Waals surface area contributed by atoms with Crippen molar-refractivity contribution in [2.45, 2.75) is 39.5 Å². The molecule has 2 aromatic rings. The molecule has 0 aliphatic carbocycles. The van der Waals surface area contributed by atoms with Crippen molar-refractivity contribution in [3.8, 4) is 0 Å². The maximum absolute atomic E-state index is 5.52. The Kier molecular flexibility index (Phi) is 5.04. The van der Waals surface area contributed by atoms with Gasteiger partial charge in [0.05, 0.1) is 13.2 Å². The van der Waals surface area contributed by atoms with E-state index in [-0.39, 0.29) is 0 Å². The van der Waals surface area contributed by atoms with E-state index in [4.69, 9.17) is 4.74 Å². The molecule has 1 aliphatic rings. The molecule has 126 valence electrons. The van der Waals surface area contributed by atoms with Crippen LogP contribution >= 0.6 is 0 Å². The monoisotopic (exact) mass is 324 g/mol. The van der Waals surface area contributed by atoms with Crippen LogP contribution in [0.25, 0.3) is 6.08 Å². The molecule has 2 aromatic heterocycles. The van der Waals surface area contributed by atoms with Gasteiger partial charge in [0.1, 0.15) is 5.69 Å². The zero-order valence-corrected chi connectivity index (χ0v) is 14.7. The van der Waals surface area contributed by atoms with Gasteiger partial charge in [0, 0.05) is 23.7 Å². The van der Waals surface area contributed by atoms with Crippen LogP contribution in [0.3, 0.4) is 0 Å². The molecule has 0 atom stereocenters. The minimum Gasteiger partial charge on any atom is -0.490 e. The smallest absolute Gasteiger partial charge is 0.248 e. The molecule has 0 spiro atoms. The van der Waals surface area contributed by atoms with Gasteiger partial charge in [-0.3, -0.25) is 0 Å². The Morgan fingerprint density at radius 1 is 1.29 bits per heavy atom. The molecule has 1 aliphatic heterocycles. The van der Waals surface area contributed by atoms with Crippen LogP contribution in [0.15, 0.2) is 41.9 Å². The summed E-state index contributed by atoms with van der Waals surface area (Å²) in [4.78, 5) is 10.1. The van der Waals surface area contributed by atoms with Gasteiger partial charge in [-0.15, -0.1) is 0 Å². The van der Waals surface area contributed by atoms with Gasteiger partial charge in [0.2, 0.25) is 11.4 Å². The van der Waals surface area contributed by atoms with Crippen LogP contribution in [0.2, 0.25) is 0 Å². The van der Waals surface area contributed by atoms with E-state index >= 15 is 0 Å². The lowest BCUT2D eigenvalue weighted by molar-refractivity contribution is -0.388. The molecular formula is C20H26N3O+. The highest BCUT2D eigenvalue weighted by atomic mass is 16.5. The highest BCUT2D eigenvalue weighted by Gasteiger charge is 2.24. The first kappa shape index (κ1) is 16.4.